The molecule has 0 unspecified atom stereocenters. The third-order valence-electron chi connectivity index (χ3n) is 7.13. The fraction of sp³-hybridized carbons (Fsp3) is 0.640. The maximum absolute atomic E-state index is 13.1. The first kappa shape index (κ1) is 22.6. The molecule has 0 saturated carbocycles. The highest BCUT2D eigenvalue weighted by Gasteiger charge is 2.37. The zero-order valence-electron chi connectivity index (χ0n) is 19.3. The summed E-state index contributed by atoms with van der Waals surface area (Å²) in [7, 11) is 0. The van der Waals surface area contributed by atoms with E-state index in [4.69, 9.17) is 0 Å². The molecule has 174 valence electrons. The normalized spacial score (nSPS) is 23.2. The number of fused-ring (bicyclic) bond motifs is 4. The Bertz CT molecular complexity index is 935. The number of allylic oxidation sites excluding steroid dienone is 1. The molecule has 1 fully saturated rings. The first-order valence-corrected chi connectivity index (χ1v) is 12.1. The summed E-state index contributed by atoms with van der Waals surface area (Å²) in [4.78, 5) is 40.0. The summed E-state index contributed by atoms with van der Waals surface area (Å²) in [6.07, 6.45) is 8.96. The SMILES string of the molecule is CC(C)[C@H](NC(=O)N1C[C@@H]2C[C@H](C1)c1cccc(=O)n1C2)C(=O)NCCC1=CCCCC1. The van der Waals surface area contributed by atoms with Crippen LogP contribution in [0.15, 0.2) is 34.6 Å². The Morgan fingerprint density at radius 2 is 2.00 bits per heavy atom. The van der Waals surface area contributed by atoms with Gasteiger partial charge in [-0.05, 0) is 56.4 Å². The summed E-state index contributed by atoms with van der Waals surface area (Å²) in [5.41, 5.74) is 2.48. The second-order valence-corrected chi connectivity index (χ2v) is 9.92. The van der Waals surface area contributed by atoms with Crippen molar-refractivity contribution in [2.45, 2.75) is 70.9 Å². The predicted octanol–water partition coefficient (Wildman–Crippen LogP) is 3.01. The quantitative estimate of drug-likeness (QED) is 0.667. The van der Waals surface area contributed by atoms with Gasteiger partial charge in [-0.1, -0.05) is 31.6 Å². The summed E-state index contributed by atoms with van der Waals surface area (Å²) in [6, 6.07) is 4.66. The molecule has 2 N–H and O–H groups in total. The van der Waals surface area contributed by atoms with E-state index in [1.165, 1.54) is 18.4 Å². The fourth-order valence-corrected chi connectivity index (χ4v) is 5.41. The number of carbonyl (C=O) groups excluding carboxylic acids is 2. The molecule has 0 aromatic carbocycles. The molecule has 7 nitrogen and oxygen atoms in total. The zero-order chi connectivity index (χ0) is 22.7. The average Bonchev–Trinajstić information content (AvgIpc) is 2.78. The molecular formula is C25H36N4O3. The van der Waals surface area contributed by atoms with Crippen molar-refractivity contribution >= 4 is 11.9 Å². The third-order valence-corrected chi connectivity index (χ3v) is 7.13. The standard InChI is InChI=1S/C25H36N4O3/c1-17(2)23(24(31)26-12-11-18-7-4-3-5-8-18)27-25(32)28-14-19-13-20(16-28)21-9-6-10-22(30)29(21)15-19/h6-7,9-10,17,19-20,23H,3-5,8,11-16H2,1-2H3,(H,26,31)(H,27,32)/t19-,20+,23-/m0/s1. The van der Waals surface area contributed by atoms with Crippen LogP contribution in [0.1, 0.15) is 64.0 Å². The lowest BCUT2D eigenvalue weighted by molar-refractivity contribution is -0.123. The molecule has 1 aliphatic carbocycles. The van der Waals surface area contributed by atoms with Crippen molar-refractivity contribution in [1.82, 2.24) is 20.1 Å². The molecule has 3 atom stereocenters. The van der Waals surface area contributed by atoms with Crippen LogP contribution in [-0.2, 0) is 11.3 Å². The maximum Gasteiger partial charge on any atom is 0.318 e. The molecular weight excluding hydrogens is 404 g/mol. The summed E-state index contributed by atoms with van der Waals surface area (Å²) < 4.78 is 1.86. The van der Waals surface area contributed by atoms with Crippen molar-refractivity contribution in [3.05, 3.63) is 45.9 Å². The molecule has 2 bridgehead atoms. The maximum atomic E-state index is 13.1. The highest BCUT2D eigenvalue weighted by atomic mass is 16.2. The van der Waals surface area contributed by atoms with Gasteiger partial charge in [0.2, 0.25) is 5.91 Å². The number of nitrogens with zero attached hydrogens (tertiary/aromatic N) is 2. The van der Waals surface area contributed by atoms with Crippen LogP contribution in [0.4, 0.5) is 4.79 Å². The van der Waals surface area contributed by atoms with Gasteiger partial charge in [0.25, 0.3) is 5.56 Å². The van der Waals surface area contributed by atoms with E-state index in [1.807, 2.05) is 29.4 Å². The Hall–Kier alpha value is -2.57. The minimum absolute atomic E-state index is 0.00330. The van der Waals surface area contributed by atoms with Gasteiger partial charge in [0, 0.05) is 43.9 Å². The number of hydrogen-bond acceptors (Lipinski definition) is 3. The number of aromatic nitrogens is 1. The molecule has 2 aliphatic heterocycles. The average molecular weight is 441 g/mol. The van der Waals surface area contributed by atoms with E-state index >= 15 is 0 Å². The van der Waals surface area contributed by atoms with E-state index in [9.17, 15) is 14.4 Å². The lowest BCUT2D eigenvalue weighted by atomic mass is 9.83. The number of piperidine rings is 1. The molecule has 32 heavy (non-hydrogen) atoms. The Morgan fingerprint density at radius 1 is 1.16 bits per heavy atom. The number of nitrogens with one attached hydrogen (secondary N) is 2. The van der Waals surface area contributed by atoms with E-state index in [1.54, 1.807) is 12.1 Å². The number of amides is 3. The van der Waals surface area contributed by atoms with Gasteiger partial charge in [-0.25, -0.2) is 4.79 Å². The lowest BCUT2D eigenvalue weighted by Gasteiger charge is -2.43. The van der Waals surface area contributed by atoms with Crippen LogP contribution in [0, 0.1) is 11.8 Å². The van der Waals surface area contributed by atoms with Crippen LogP contribution in [0.2, 0.25) is 0 Å². The summed E-state index contributed by atoms with van der Waals surface area (Å²) in [6.45, 7) is 6.38. The van der Waals surface area contributed by atoms with Crippen molar-refractivity contribution in [1.29, 1.82) is 0 Å². The van der Waals surface area contributed by atoms with Gasteiger partial charge < -0.3 is 20.1 Å². The minimum atomic E-state index is -0.556. The van der Waals surface area contributed by atoms with E-state index in [0.29, 0.717) is 26.2 Å². The van der Waals surface area contributed by atoms with Crippen molar-refractivity contribution in [2.24, 2.45) is 11.8 Å². The Kier molecular flexibility index (Phi) is 7.01. The highest BCUT2D eigenvalue weighted by Crippen LogP contribution is 2.34. The molecule has 4 rings (SSSR count). The van der Waals surface area contributed by atoms with Gasteiger partial charge in [0.1, 0.15) is 6.04 Å². The summed E-state index contributed by atoms with van der Waals surface area (Å²) >= 11 is 0. The number of rotatable bonds is 6. The molecule has 3 aliphatic rings. The second kappa shape index (κ2) is 9.92. The van der Waals surface area contributed by atoms with E-state index < -0.39 is 6.04 Å². The van der Waals surface area contributed by atoms with Gasteiger partial charge in [0.15, 0.2) is 0 Å². The smallest absolute Gasteiger partial charge is 0.318 e. The Labute approximate surface area is 190 Å². The zero-order valence-corrected chi connectivity index (χ0v) is 19.3. The molecule has 7 heteroatoms. The van der Waals surface area contributed by atoms with Crippen LogP contribution in [0.3, 0.4) is 0 Å². The van der Waals surface area contributed by atoms with Crippen LogP contribution in [0.25, 0.3) is 0 Å². The molecule has 0 spiro atoms. The van der Waals surface area contributed by atoms with E-state index in [2.05, 4.69) is 16.7 Å². The fourth-order valence-electron chi connectivity index (χ4n) is 5.41. The van der Waals surface area contributed by atoms with Gasteiger partial charge in [0.05, 0.1) is 0 Å². The van der Waals surface area contributed by atoms with Crippen molar-refractivity contribution in [2.75, 3.05) is 19.6 Å². The Morgan fingerprint density at radius 3 is 2.75 bits per heavy atom. The van der Waals surface area contributed by atoms with Gasteiger partial charge >= 0.3 is 6.03 Å². The van der Waals surface area contributed by atoms with Crippen LogP contribution >= 0.6 is 0 Å². The van der Waals surface area contributed by atoms with Crippen LogP contribution in [-0.4, -0.2) is 47.1 Å². The summed E-state index contributed by atoms with van der Waals surface area (Å²) in [5, 5.41) is 6.02. The topological polar surface area (TPSA) is 83.4 Å². The van der Waals surface area contributed by atoms with Crippen molar-refractivity contribution in [3.8, 4) is 0 Å². The van der Waals surface area contributed by atoms with Gasteiger partial charge in [-0.2, -0.15) is 0 Å². The number of pyridine rings is 1. The van der Waals surface area contributed by atoms with Crippen molar-refractivity contribution in [3.63, 3.8) is 0 Å². The molecule has 1 saturated heterocycles. The first-order chi connectivity index (χ1) is 15.4. The second-order valence-electron chi connectivity index (χ2n) is 9.92. The van der Waals surface area contributed by atoms with Crippen LogP contribution in [0.5, 0.6) is 0 Å². The Balaban J connectivity index is 1.34. The van der Waals surface area contributed by atoms with Gasteiger partial charge in [-0.15, -0.1) is 0 Å². The first-order valence-electron chi connectivity index (χ1n) is 12.1. The molecule has 1 aromatic rings. The van der Waals surface area contributed by atoms with Crippen LogP contribution < -0.4 is 16.2 Å². The molecule has 1 aromatic heterocycles. The number of likely N-dealkylation sites (tertiary alicyclic amines) is 1. The molecule has 3 heterocycles. The summed E-state index contributed by atoms with van der Waals surface area (Å²) in [5.74, 6) is 0.315. The number of hydrogen-bond donors (Lipinski definition) is 2. The van der Waals surface area contributed by atoms with Gasteiger partial charge in [-0.3, -0.25) is 9.59 Å². The van der Waals surface area contributed by atoms with E-state index in [-0.39, 0.29) is 35.3 Å². The predicted molar refractivity (Wildman–Crippen MR) is 124 cm³/mol. The third kappa shape index (κ3) is 5.08. The molecule has 3 amide bonds. The van der Waals surface area contributed by atoms with E-state index in [0.717, 1.165) is 31.4 Å². The number of urea groups is 1. The minimum Gasteiger partial charge on any atom is -0.354 e. The van der Waals surface area contributed by atoms with Crippen molar-refractivity contribution < 1.29 is 9.59 Å². The highest BCUT2D eigenvalue weighted by molar-refractivity contribution is 5.87. The number of carbonyl (C=O) groups is 2. The lowest BCUT2D eigenvalue weighted by Crippen LogP contribution is -2.57. The monoisotopic (exact) mass is 440 g/mol. The largest absolute Gasteiger partial charge is 0.354 e. The molecule has 0 radical (unpaired) electrons.